The highest BCUT2D eigenvalue weighted by molar-refractivity contribution is 6.31. The van der Waals surface area contributed by atoms with Crippen molar-refractivity contribution in [1.82, 2.24) is 5.32 Å². The molecule has 1 aliphatic carbocycles. The van der Waals surface area contributed by atoms with Gasteiger partial charge < -0.3 is 14.8 Å². The van der Waals surface area contributed by atoms with Crippen LogP contribution in [-0.4, -0.2) is 13.2 Å². The van der Waals surface area contributed by atoms with Crippen molar-refractivity contribution >= 4 is 11.6 Å². The van der Waals surface area contributed by atoms with Crippen LogP contribution in [0.25, 0.3) is 0 Å². The van der Waals surface area contributed by atoms with Crippen molar-refractivity contribution < 1.29 is 13.9 Å². The normalized spacial score (nSPS) is 15.4. The molecule has 1 aliphatic rings. The number of hydrogen-bond donors (Lipinski definition) is 1. The van der Waals surface area contributed by atoms with Crippen LogP contribution in [0.1, 0.15) is 49.7 Å². The fourth-order valence-electron chi connectivity index (χ4n) is 3.49. The standard InChI is InChI=1S/C22H27ClFNO2/c1-26-21-12-17(14-25-18-9-4-2-3-5-10-18)19(23)13-22(21)27-15-16-8-6-7-11-20(16)24/h6-8,11-13,18,25H,2-5,9-10,14-15H2,1H3. The summed E-state index contributed by atoms with van der Waals surface area (Å²) in [5.74, 6) is 0.837. The Morgan fingerprint density at radius 3 is 2.48 bits per heavy atom. The molecule has 0 radical (unpaired) electrons. The molecular formula is C22H27ClFNO2. The first-order valence-electron chi connectivity index (χ1n) is 9.63. The van der Waals surface area contributed by atoms with Gasteiger partial charge in [0.25, 0.3) is 0 Å². The van der Waals surface area contributed by atoms with Crippen molar-refractivity contribution in [2.24, 2.45) is 0 Å². The Balaban J connectivity index is 1.66. The molecule has 0 spiro atoms. The Morgan fingerprint density at radius 2 is 1.78 bits per heavy atom. The summed E-state index contributed by atoms with van der Waals surface area (Å²) in [5.41, 5.74) is 1.48. The Hall–Kier alpha value is -1.78. The van der Waals surface area contributed by atoms with Crippen LogP contribution >= 0.6 is 11.6 Å². The maximum absolute atomic E-state index is 13.8. The first-order valence-corrected chi connectivity index (χ1v) is 10.0. The Bertz CT molecular complexity index is 745. The molecule has 0 bridgehead atoms. The molecule has 0 unspecified atom stereocenters. The van der Waals surface area contributed by atoms with Crippen LogP contribution in [0.2, 0.25) is 5.02 Å². The number of benzene rings is 2. The molecule has 146 valence electrons. The zero-order chi connectivity index (χ0) is 19.1. The van der Waals surface area contributed by atoms with Gasteiger partial charge in [0, 0.05) is 29.2 Å². The summed E-state index contributed by atoms with van der Waals surface area (Å²) in [6.45, 7) is 0.826. The molecule has 0 amide bonds. The van der Waals surface area contributed by atoms with Crippen molar-refractivity contribution in [2.75, 3.05) is 7.11 Å². The van der Waals surface area contributed by atoms with Gasteiger partial charge in [0.05, 0.1) is 7.11 Å². The summed E-state index contributed by atoms with van der Waals surface area (Å²) < 4.78 is 25.0. The fourth-order valence-corrected chi connectivity index (χ4v) is 3.71. The Kier molecular flexibility index (Phi) is 7.36. The van der Waals surface area contributed by atoms with Crippen LogP contribution in [0.3, 0.4) is 0 Å². The lowest BCUT2D eigenvalue weighted by atomic mass is 10.1. The van der Waals surface area contributed by atoms with Gasteiger partial charge in [-0.05, 0) is 30.5 Å². The lowest BCUT2D eigenvalue weighted by molar-refractivity contribution is 0.279. The van der Waals surface area contributed by atoms with E-state index in [1.807, 2.05) is 6.07 Å². The predicted molar refractivity (Wildman–Crippen MR) is 107 cm³/mol. The minimum atomic E-state index is -0.285. The van der Waals surface area contributed by atoms with Gasteiger partial charge in [-0.15, -0.1) is 0 Å². The molecule has 0 aromatic heterocycles. The van der Waals surface area contributed by atoms with Gasteiger partial charge in [-0.25, -0.2) is 4.39 Å². The molecule has 1 saturated carbocycles. The molecule has 0 saturated heterocycles. The van der Waals surface area contributed by atoms with Crippen molar-refractivity contribution in [3.05, 3.63) is 58.4 Å². The smallest absolute Gasteiger partial charge is 0.163 e. The van der Waals surface area contributed by atoms with Crippen LogP contribution in [0, 0.1) is 5.82 Å². The van der Waals surface area contributed by atoms with E-state index in [-0.39, 0.29) is 12.4 Å². The third-order valence-corrected chi connectivity index (χ3v) is 5.46. The molecular weight excluding hydrogens is 365 g/mol. The third-order valence-electron chi connectivity index (χ3n) is 5.11. The van der Waals surface area contributed by atoms with E-state index in [1.165, 1.54) is 44.6 Å². The second kappa shape index (κ2) is 9.95. The van der Waals surface area contributed by atoms with Gasteiger partial charge in [0.1, 0.15) is 12.4 Å². The molecule has 2 aromatic carbocycles. The highest BCUT2D eigenvalue weighted by Gasteiger charge is 2.15. The van der Waals surface area contributed by atoms with Crippen molar-refractivity contribution in [3.63, 3.8) is 0 Å². The van der Waals surface area contributed by atoms with E-state index < -0.39 is 0 Å². The lowest BCUT2D eigenvalue weighted by Gasteiger charge is -2.18. The first kappa shape index (κ1) is 20.0. The summed E-state index contributed by atoms with van der Waals surface area (Å²) >= 11 is 6.47. The fraction of sp³-hybridized carbons (Fsp3) is 0.455. The van der Waals surface area contributed by atoms with E-state index in [0.717, 1.165) is 5.56 Å². The molecule has 3 nitrogen and oxygen atoms in total. The minimum Gasteiger partial charge on any atom is -0.493 e. The molecule has 0 atom stereocenters. The summed E-state index contributed by atoms with van der Waals surface area (Å²) in [6, 6.07) is 10.8. The Morgan fingerprint density at radius 1 is 1.04 bits per heavy atom. The molecule has 2 aromatic rings. The number of nitrogens with one attached hydrogen (secondary N) is 1. The maximum Gasteiger partial charge on any atom is 0.163 e. The van der Waals surface area contributed by atoms with Gasteiger partial charge in [0.2, 0.25) is 0 Å². The quantitative estimate of drug-likeness (QED) is 0.598. The average molecular weight is 392 g/mol. The molecule has 1 N–H and O–H groups in total. The van der Waals surface area contributed by atoms with Crippen LogP contribution in [-0.2, 0) is 13.2 Å². The van der Waals surface area contributed by atoms with Gasteiger partial charge in [-0.1, -0.05) is 55.5 Å². The number of rotatable bonds is 7. The van der Waals surface area contributed by atoms with Crippen molar-refractivity contribution in [1.29, 1.82) is 0 Å². The van der Waals surface area contributed by atoms with Crippen LogP contribution in [0.5, 0.6) is 11.5 Å². The number of ether oxygens (including phenoxy) is 2. The third kappa shape index (κ3) is 5.60. The van der Waals surface area contributed by atoms with Crippen molar-refractivity contribution in [3.8, 4) is 11.5 Å². The van der Waals surface area contributed by atoms with Gasteiger partial charge >= 0.3 is 0 Å². The second-order valence-corrected chi connectivity index (χ2v) is 7.45. The van der Waals surface area contributed by atoms with Crippen LogP contribution < -0.4 is 14.8 Å². The number of hydrogen-bond acceptors (Lipinski definition) is 3. The van der Waals surface area contributed by atoms with E-state index in [4.69, 9.17) is 21.1 Å². The topological polar surface area (TPSA) is 30.5 Å². The highest BCUT2D eigenvalue weighted by Crippen LogP contribution is 2.34. The largest absolute Gasteiger partial charge is 0.493 e. The maximum atomic E-state index is 13.8. The van der Waals surface area contributed by atoms with Gasteiger partial charge in [0.15, 0.2) is 11.5 Å². The molecule has 3 rings (SSSR count). The first-order chi connectivity index (χ1) is 13.2. The van der Waals surface area contributed by atoms with Crippen molar-refractivity contribution in [2.45, 2.75) is 57.7 Å². The molecule has 1 fully saturated rings. The highest BCUT2D eigenvalue weighted by atomic mass is 35.5. The van der Waals surface area contributed by atoms with E-state index in [9.17, 15) is 4.39 Å². The van der Waals surface area contributed by atoms with E-state index in [1.54, 1.807) is 31.4 Å². The summed E-state index contributed by atoms with van der Waals surface area (Å²) in [5, 5.41) is 4.25. The summed E-state index contributed by atoms with van der Waals surface area (Å²) in [4.78, 5) is 0. The average Bonchev–Trinajstić information content (AvgIpc) is 2.95. The van der Waals surface area contributed by atoms with E-state index >= 15 is 0 Å². The SMILES string of the molecule is COc1cc(CNC2CCCCCC2)c(Cl)cc1OCc1ccccc1F. The van der Waals surface area contributed by atoms with Gasteiger partial charge in [-0.3, -0.25) is 0 Å². The van der Waals surface area contributed by atoms with Crippen LogP contribution in [0.15, 0.2) is 36.4 Å². The zero-order valence-corrected chi connectivity index (χ0v) is 16.5. The van der Waals surface area contributed by atoms with E-state index in [0.29, 0.717) is 34.7 Å². The Labute approximate surface area is 165 Å². The van der Waals surface area contributed by atoms with Crippen LogP contribution in [0.4, 0.5) is 4.39 Å². The second-order valence-electron chi connectivity index (χ2n) is 7.04. The molecule has 5 heteroatoms. The minimum absolute atomic E-state index is 0.124. The molecule has 27 heavy (non-hydrogen) atoms. The summed E-state index contributed by atoms with van der Waals surface area (Å²) in [6.07, 6.45) is 7.69. The number of methoxy groups -OCH3 is 1. The van der Waals surface area contributed by atoms with E-state index in [2.05, 4.69) is 5.32 Å². The molecule has 0 heterocycles. The number of halogens is 2. The predicted octanol–water partition coefficient (Wildman–Crippen LogP) is 5.88. The van der Waals surface area contributed by atoms with Gasteiger partial charge in [-0.2, -0.15) is 0 Å². The summed E-state index contributed by atoms with van der Waals surface area (Å²) in [7, 11) is 1.60. The monoisotopic (exact) mass is 391 g/mol. The molecule has 0 aliphatic heterocycles. The zero-order valence-electron chi connectivity index (χ0n) is 15.8. The lowest BCUT2D eigenvalue weighted by Crippen LogP contribution is -2.28.